The van der Waals surface area contributed by atoms with Gasteiger partial charge in [-0.05, 0) is 12.1 Å². The van der Waals surface area contributed by atoms with Crippen molar-refractivity contribution >= 4 is 25.8 Å². The second-order valence-electron chi connectivity index (χ2n) is 2.42. The fourth-order valence-electron chi connectivity index (χ4n) is 0.804. The van der Waals surface area contributed by atoms with Crippen LogP contribution in [0.25, 0.3) is 6.08 Å². The predicted octanol–water partition coefficient (Wildman–Crippen LogP) is 2.50. The fraction of sp³-hybridized carbons (Fsp3) is 0. The first-order valence-corrected chi connectivity index (χ1v) is 5.84. The Morgan fingerprint density at radius 1 is 1.29 bits per heavy atom. The summed E-state index contributed by atoms with van der Waals surface area (Å²) in [4.78, 5) is 0. The van der Waals surface area contributed by atoms with E-state index in [2.05, 4.69) is 0 Å². The van der Waals surface area contributed by atoms with Crippen LogP contribution in [0, 0.1) is 11.6 Å². The molecule has 1 aromatic carbocycles. The van der Waals surface area contributed by atoms with Gasteiger partial charge in [-0.2, -0.15) is 0 Å². The molecule has 0 amide bonds. The lowest BCUT2D eigenvalue weighted by molar-refractivity contribution is 0.507. The van der Waals surface area contributed by atoms with Crippen molar-refractivity contribution in [3.8, 4) is 0 Å². The van der Waals surface area contributed by atoms with Gasteiger partial charge in [-0.15, -0.1) is 0 Å². The fourth-order valence-corrected chi connectivity index (χ4v) is 1.27. The largest absolute Gasteiger partial charge is 0.254 e. The summed E-state index contributed by atoms with van der Waals surface area (Å²) in [5, 5.41) is 0.590. The van der Waals surface area contributed by atoms with Crippen LogP contribution in [-0.4, -0.2) is 8.42 Å². The van der Waals surface area contributed by atoms with Gasteiger partial charge in [0.05, 0.1) is 0 Å². The molecule has 0 N–H and O–H groups in total. The van der Waals surface area contributed by atoms with E-state index in [-0.39, 0.29) is 5.56 Å². The molecule has 0 heterocycles. The van der Waals surface area contributed by atoms with E-state index in [0.29, 0.717) is 5.41 Å². The van der Waals surface area contributed by atoms with Gasteiger partial charge in [0.2, 0.25) is 0 Å². The monoisotopic (exact) mass is 238 g/mol. The van der Waals surface area contributed by atoms with Crippen molar-refractivity contribution in [3.05, 3.63) is 40.8 Å². The van der Waals surface area contributed by atoms with E-state index in [1.54, 1.807) is 0 Å². The molecule has 0 aromatic heterocycles. The smallest absolute Gasteiger partial charge is 0.208 e. The molecule has 0 atom stereocenters. The summed E-state index contributed by atoms with van der Waals surface area (Å²) in [6.07, 6.45) is 0.890. The Hall–Kier alpha value is -0.940. The van der Waals surface area contributed by atoms with Crippen LogP contribution in [0.15, 0.2) is 23.6 Å². The third-order valence-electron chi connectivity index (χ3n) is 1.39. The van der Waals surface area contributed by atoms with Crippen LogP contribution in [0.4, 0.5) is 8.78 Å². The highest BCUT2D eigenvalue weighted by molar-refractivity contribution is 8.16. The summed E-state index contributed by atoms with van der Waals surface area (Å²) in [6, 6.07) is 3.43. The average Bonchev–Trinajstić information content (AvgIpc) is 2.06. The quantitative estimate of drug-likeness (QED) is 0.742. The summed E-state index contributed by atoms with van der Waals surface area (Å²) >= 11 is 0. The van der Waals surface area contributed by atoms with Crippen LogP contribution in [0.1, 0.15) is 5.56 Å². The lowest BCUT2D eigenvalue weighted by atomic mass is 10.2. The number of benzene rings is 1. The highest BCUT2D eigenvalue weighted by Crippen LogP contribution is 2.14. The lowest BCUT2D eigenvalue weighted by Gasteiger charge is -1.96. The van der Waals surface area contributed by atoms with Crippen LogP contribution in [0.5, 0.6) is 0 Å². The Kier molecular flexibility index (Phi) is 3.23. The van der Waals surface area contributed by atoms with Gasteiger partial charge < -0.3 is 0 Å². The highest BCUT2D eigenvalue weighted by atomic mass is 35.7. The van der Waals surface area contributed by atoms with Crippen molar-refractivity contribution in [3.63, 3.8) is 0 Å². The minimum Gasteiger partial charge on any atom is -0.208 e. The molecule has 0 saturated carbocycles. The molecule has 0 spiro atoms. The van der Waals surface area contributed by atoms with Crippen LogP contribution in [0.3, 0.4) is 0 Å². The number of rotatable bonds is 2. The van der Waals surface area contributed by atoms with Crippen LogP contribution in [-0.2, 0) is 9.05 Å². The first-order valence-electron chi connectivity index (χ1n) is 3.47. The number of halogens is 3. The van der Waals surface area contributed by atoms with E-state index in [9.17, 15) is 17.2 Å². The molecule has 0 fully saturated rings. The normalized spacial score (nSPS) is 12.2. The summed E-state index contributed by atoms with van der Waals surface area (Å²) in [5.41, 5.74) is -0.172. The predicted molar refractivity (Wildman–Crippen MR) is 50.2 cm³/mol. The minimum atomic E-state index is -3.85. The molecule has 0 bridgehead atoms. The molecule has 0 aliphatic heterocycles. The molecule has 1 rings (SSSR count). The first-order chi connectivity index (χ1) is 6.40. The molecular weight excluding hydrogens is 234 g/mol. The Labute approximate surface area is 84.2 Å². The lowest BCUT2D eigenvalue weighted by Crippen LogP contribution is -1.88. The molecule has 0 unspecified atom stereocenters. The van der Waals surface area contributed by atoms with E-state index in [1.807, 2.05) is 0 Å². The molecule has 0 radical (unpaired) electrons. The van der Waals surface area contributed by atoms with Crippen molar-refractivity contribution in [2.45, 2.75) is 0 Å². The Morgan fingerprint density at radius 2 is 1.93 bits per heavy atom. The molecule has 14 heavy (non-hydrogen) atoms. The topological polar surface area (TPSA) is 34.1 Å². The van der Waals surface area contributed by atoms with E-state index in [4.69, 9.17) is 10.7 Å². The zero-order chi connectivity index (χ0) is 10.8. The molecule has 0 aliphatic rings. The van der Waals surface area contributed by atoms with Gasteiger partial charge in [0.25, 0.3) is 9.05 Å². The SMILES string of the molecule is O=S(=O)(Cl)/C=C/c1cccc(F)c1F. The first kappa shape index (κ1) is 11.1. The molecule has 76 valence electrons. The standard InChI is InChI=1S/C8H5ClF2O2S/c9-14(12,13)5-4-6-2-1-3-7(10)8(6)11/h1-5H/b5-4+. The second-order valence-corrected chi connectivity index (χ2v) is 4.94. The van der Waals surface area contributed by atoms with Crippen LogP contribution in [0.2, 0.25) is 0 Å². The summed E-state index contributed by atoms with van der Waals surface area (Å²) in [6.45, 7) is 0. The van der Waals surface area contributed by atoms with Gasteiger partial charge in [0, 0.05) is 21.7 Å². The van der Waals surface area contributed by atoms with E-state index < -0.39 is 20.7 Å². The van der Waals surface area contributed by atoms with Gasteiger partial charge in [-0.1, -0.05) is 12.1 Å². The summed E-state index contributed by atoms with van der Waals surface area (Å²) in [5.74, 6) is -2.15. The van der Waals surface area contributed by atoms with Gasteiger partial charge in [-0.25, -0.2) is 17.2 Å². The second kappa shape index (κ2) is 4.06. The van der Waals surface area contributed by atoms with Crippen molar-refractivity contribution in [1.29, 1.82) is 0 Å². The minimum absolute atomic E-state index is 0.172. The molecule has 0 saturated heterocycles. The average molecular weight is 239 g/mol. The molecule has 1 aromatic rings. The maximum atomic E-state index is 12.9. The van der Waals surface area contributed by atoms with E-state index in [1.165, 1.54) is 12.1 Å². The van der Waals surface area contributed by atoms with Crippen molar-refractivity contribution in [2.24, 2.45) is 0 Å². The van der Waals surface area contributed by atoms with Crippen molar-refractivity contribution in [2.75, 3.05) is 0 Å². The third-order valence-corrected chi connectivity index (χ3v) is 2.16. The molecule has 2 nitrogen and oxygen atoms in total. The molecule has 0 aliphatic carbocycles. The Bertz CT molecular complexity index is 468. The Morgan fingerprint density at radius 3 is 2.50 bits per heavy atom. The Balaban J connectivity index is 3.11. The zero-order valence-corrected chi connectivity index (χ0v) is 8.32. The van der Waals surface area contributed by atoms with Crippen LogP contribution >= 0.6 is 10.7 Å². The maximum Gasteiger partial charge on any atom is 0.254 e. The molecule has 6 heteroatoms. The summed E-state index contributed by atoms with van der Waals surface area (Å²) < 4.78 is 46.4. The van der Waals surface area contributed by atoms with Crippen LogP contribution < -0.4 is 0 Å². The van der Waals surface area contributed by atoms with Gasteiger partial charge >= 0.3 is 0 Å². The zero-order valence-electron chi connectivity index (χ0n) is 6.75. The van der Waals surface area contributed by atoms with Crippen molar-refractivity contribution < 1.29 is 17.2 Å². The highest BCUT2D eigenvalue weighted by Gasteiger charge is 2.05. The summed E-state index contributed by atoms with van der Waals surface area (Å²) in [7, 11) is 0.995. The maximum absolute atomic E-state index is 12.9. The van der Waals surface area contributed by atoms with Gasteiger partial charge in [-0.3, -0.25) is 0 Å². The van der Waals surface area contributed by atoms with Crippen molar-refractivity contribution in [1.82, 2.24) is 0 Å². The van der Waals surface area contributed by atoms with Gasteiger partial charge in [0.1, 0.15) is 0 Å². The molecular formula is C8H5ClF2O2S. The van der Waals surface area contributed by atoms with E-state index in [0.717, 1.165) is 12.1 Å². The van der Waals surface area contributed by atoms with E-state index >= 15 is 0 Å². The third kappa shape index (κ3) is 3.08. The number of hydrogen-bond acceptors (Lipinski definition) is 2. The number of hydrogen-bond donors (Lipinski definition) is 0. The van der Waals surface area contributed by atoms with Gasteiger partial charge in [0.15, 0.2) is 11.6 Å².